The molecule has 0 heterocycles. The van der Waals surface area contributed by atoms with Crippen LogP contribution >= 0.6 is 0 Å². The third-order valence-corrected chi connectivity index (χ3v) is 2.90. The first kappa shape index (κ1) is 15.0. The molecule has 1 saturated carbocycles. The van der Waals surface area contributed by atoms with Crippen LogP contribution < -0.4 is 10.6 Å². The van der Waals surface area contributed by atoms with E-state index in [1.807, 2.05) is 25.7 Å². The highest BCUT2D eigenvalue weighted by Crippen LogP contribution is 2.26. The lowest BCUT2D eigenvalue weighted by Crippen LogP contribution is -2.40. The van der Waals surface area contributed by atoms with E-state index in [2.05, 4.69) is 10.6 Å². The lowest BCUT2D eigenvalue weighted by molar-refractivity contribution is -0.130. The van der Waals surface area contributed by atoms with Gasteiger partial charge in [0.25, 0.3) is 0 Å². The molecule has 1 fully saturated rings. The molecule has 0 bridgehead atoms. The Morgan fingerprint density at radius 2 is 2.00 bits per heavy atom. The van der Waals surface area contributed by atoms with Gasteiger partial charge in [-0.15, -0.1) is 0 Å². The Labute approximate surface area is 109 Å². The van der Waals surface area contributed by atoms with E-state index in [0.717, 1.165) is 19.4 Å². The van der Waals surface area contributed by atoms with Crippen LogP contribution in [0.15, 0.2) is 0 Å². The quantitative estimate of drug-likeness (QED) is 0.621. The first-order valence-electron chi connectivity index (χ1n) is 6.84. The van der Waals surface area contributed by atoms with Crippen LogP contribution in [-0.2, 0) is 9.59 Å². The first-order chi connectivity index (χ1) is 8.54. The summed E-state index contributed by atoms with van der Waals surface area (Å²) < 4.78 is 0. The molecule has 0 saturated heterocycles. The monoisotopic (exact) mass is 255 g/mol. The van der Waals surface area contributed by atoms with Crippen LogP contribution in [0.5, 0.6) is 0 Å². The van der Waals surface area contributed by atoms with E-state index in [9.17, 15) is 9.59 Å². The predicted molar refractivity (Wildman–Crippen MR) is 71.2 cm³/mol. The average molecular weight is 255 g/mol. The van der Waals surface area contributed by atoms with Crippen molar-refractivity contribution in [1.29, 1.82) is 0 Å². The van der Waals surface area contributed by atoms with Gasteiger partial charge in [0.15, 0.2) is 0 Å². The molecule has 0 aliphatic heterocycles. The molecule has 1 aliphatic carbocycles. The summed E-state index contributed by atoms with van der Waals surface area (Å²) >= 11 is 0. The van der Waals surface area contributed by atoms with Crippen LogP contribution in [0.2, 0.25) is 0 Å². The van der Waals surface area contributed by atoms with E-state index >= 15 is 0 Å². The van der Waals surface area contributed by atoms with E-state index in [0.29, 0.717) is 25.6 Å². The number of rotatable bonds is 8. The fraction of sp³-hybridized carbons (Fsp3) is 0.846. The van der Waals surface area contributed by atoms with Gasteiger partial charge in [-0.2, -0.15) is 0 Å². The number of hydrogen-bond acceptors (Lipinski definition) is 3. The molecule has 18 heavy (non-hydrogen) atoms. The van der Waals surface area contributed by atoms with Crippen molar-refractivity contribution in [3.63, 3.8) is 0 Å². The minimum absolute atomic E-state index is 0.0273. The molecule has 5 nitrogen and oxygen atoms in total. The van der Waals surface area contributed by atoms with E-state index in [1.165, 1.54) is 0 Å². The third kappa shape index (κ3) is 5.49. The molecular formula is C13H25N3O2. The van der Waals surface area contributed by atoms with Gasteiger partial charge in [0.05, 0.1) is 6.54 Å². The van der Waals surface area contributed by atoms with Gasteiger partial charge >= 0.3 is 0 Å². The largest absolute Gasteiger partial charge is 0.354 e. The van der Waals surface area contributed by atoms with Gasteiger partial charge < -0.3 is 15.5 Å². The minimum atomic E-state index is 0.0273. The summed E-state index contributed by atoms with van der Waals surface area (Å²) in [6.07, 6.45) is 2.69. The molecule has 1 aliphatic rings. The topological polar surface area (TPSA) is 61.4 Å². The zero-order valence-corrected chi connectivity index (χ0v) is 11.7. The van der Waals surface area contributed by atoms with Crippen LogP contribution in [0, 0.1) is 0 Å². The van der Waals surface area contributed by atoms with E-state index in [-0.39, 0.29) is 17.9 Å². The molecule has 0 unspecified atom stereocenters. The molecule has 1 rings (SSSR count). The van der Waals surface area contributed by atoms with Crippen LogP contribution in [0.3, 0.4) is 0 Å². The molecule has 2 N–H and O–H groups in total. The zero-order chi connectivity index (χ0) is 13.5. The maximum Gasteiger partial charge on any atom is 0.236 e. The van der Waals surface area contributed by atoms with Crippen molar-refractivity contribution >= 4 is 11.8 Å². The summed E-state index contributed by atoms with van der Waals surface area (Å²) in [6.45, 7) is 7.53. The van der Waals surface area contributed by atoms with Gasteiger partial charge in [-0.3, -0.25) is 9.59 Å². The Hall–Kier alpha value is -1.10. The first-order valence-corrected chi connectivity index (χ1v) is 6.84. The van der Waals surface area contributed by atoms with Gasteiger partial charge in [-0.05, 0) is 33.6 Å². The van der Waals surface area contributed by atoms with Gasteiger partial charge in [-0.25, -0.2) is 0 Å². The number of likely N-dealkylation sites (N-methyl/N-ethyl adjacent to an activating group) is 1. The molecule has 0 aromatic rings. The SMILES string of the molecule is CCN(C(=O)CNCCC(=O)NC(C)C)C1CC1. The summed E-state index contributed by atoms with van der Waals surface area (Å²) in [4.78, 5) is 25.1. The number of carbonyl (C=O) groups excluding carboxylic acids is 2. The van der Waals surface area contributed by atoms with Crippen LogP contribution in [0.25, 0.3) is 0 Å². The van der Waals surface area contributed by atoms with Gasteiger partial charge in [0.2, 0.25) is 11.8 Å². The molecule has 0 radical (unpaired) electrons. The van der Waals surface area contributed by atoms with Crippen LogP contribution in [0.4, 0.5) is 0 Å². The Morgan fingerprint density at radius 1 is 1.33 bits per heavy atom. The maximum absolute atomic E-state index is 11.8. The smallest absolute Gasteiger partial charge is 0.236 e. The van der Waals surface area contributed by atoms with Gasteiger partial charge in [0.1, 0.15) is 0 Å². The maximum atomic E-state index is 11.8. The molecule has 0 spiro atoms. The molecule has 0 atom stereocenters. The zero-order valence-electron chi connectivity index (χ0n) is 11.7. The Bertz CT molecular complexity index is 288. The normalized spacial score (nSPS) is 14.7. The second-order valence-electron chi connectivity index (χ2n) is 5.06. The molecule has 2 amide bonds. The van der Waals surface area contributed by atoms with Crippen molar-refractivity contribution in [2.75, 3.05) is 19.6 Å². The summed E-state index contributed by atoms with van der Waals surface area (Å²) in [5.74, 6) is 0.170. The van der Waals surface area contributed by atoms with Gasteiger partial charge in [-0.1, -0.05) is 0 Å². The third-order valence-electron chi connectivity index (χ3n) is 2.90. The van der Waals surface area contributed by atoms with Crippen molar-refractivity contribution in [2.24, 2.45) is 0 Å². The number of nitrogens with zero attached hydrogens (tertiary/aromatic N) is 1. The van der Waals surface area contributed by atoms with Crippen molar-refractivity contribution < 1.29 is 9.59 Å². The van der Waals surface area contributed by atoms with Crippen molar-refractivity contribution in [3.05, 3.63) is 0 Å². The second kappa shape index (κ2) is 7.36. The summed E-state index contributed by atoms with van der Waals surface area (Å²) in [7, 11) is 0. The van der Waals surface area contributed by atoms with E-state index < -0.39 is 0 Å². The summed E-state index contributed by atoms with van der Waals surface area (Å²) in [6, 6.07) is 0.637. The molecular weight excluding hydrogens is 230 g/mol. The highest BCUT2D eigenvalue weighted by Gasteiger charge is 2.30. The summed E-state index contributed by atoms with van der Waals surface area (Å²) in [5, 5.41) is 5.85. The predicted octanol–water partition coefficient (Wildman–Crippen LogP) is 0.502. The van der Waals surface area contributed by atoms with E-state index in [4.69, 9.17) is 0 Å². The van der Waals surface area contributed by atoms with Crippen molar-refractivity contribution in [1.82, 2.24) is 15.5 Å². The number of amides is 2. The van der Waals surface area contributed by atoms with Crippen LogP contribution in [-0.4, -0.2) is 48.4 Å². The Kier molecular flexibility index (Phi) is 6.12. The lowest BCUT2D eigenvalue weighted by Gasteiger charge is -2.20. The standard InChI is InChI=1S/C13H25N3O2/c1-4-16(11-5-6-11)13(18)9-14-8-7-12(17)15-10(2)3/h10-11,14H,4-9H2,1-3H3,(H,15,17). The Morgan fingerprint density at radius 3 is 2.50 bits per heavy atom. The highest BCUT2D eigenvalue weighted by atomic mass is 16.2. The van der Waals surface area contributed by atoms with E-state index in [1.54, 1.807) is 0 Å². The molecule has 104 valence electrons. The van der Waals surface area contributed by atoms with Crippen LogP contribution in [0.1, 0.15) is 40.0 Å². The second-order valence-corrected chi connectivity index (χ2v) is 5.06. The average Bonchev–Trinajstić information content (AvgIpc) is 3.09. The lowest BCUT2D eigenvalue weighted by atomic mass is 10.3. The summed E-state index contributed by atoms with van der Waals surface area (Å²) in [5.41, 5.74) is 0. The minimum Gasteiger partial charge on any atom is -0.354 e. The number of nitrogens with one attached hydrogen (secondary N) is 2. The fourth-order valence-electron chi connectivity index (χ4n) is 1.92. The Balaban J connectivity index is 2.09. The van der Waals surface area contributed by atoms with Crippen molar-refractivity contribution in [3.8, 4) is 0 Å². The fourth-order valence-corrected chi connectivity index (χ4v) is 1.92. The molecule has 0 aromatic carbocycles. The van der Waals surface area contributed by atoms with Crippen molar-refractivity contribution in [2.45, 2.75) is 52.1 Å². The molecule has 0 aromatic heterocycles. The van der Waals surface area contributed by atoms with Gasteiger partial charge in [0, 0.05) is 31.6 Å². The molecule has 5 heteroatoms. The number of carbonyl (C=O) groups is 2. The number of hydrogen-bond donors (Lipinski definition) is 2. The highest BCUT2D eigenvalue weighted by molar-refractivity contribution is 5.79.